The van der Waals surface area contributed by atoms with Gasteiger partial charge in [-0.2, -0.15) is 0 Å². The molecule has 0 bridgehead atoms. The van der Waals surface area contributed by atoms with E-state index in [1.54, 1.807) is 18.2 Å². The van der Waals surface area contributed by atoms with Crippen molar-refractivity contribution in [2.45, 2.75) is 23.3 Å². The number of hydrogen-bond donors (Lipinski definition) is 2. The quantitative estimate of drug-likeness (QED) is 0.702. The molecule has 0 spiro atoms. The standard InChI is InChI=1S/C21H21NO3S/c23-21(19-11-12-19,18-8-2-1-3-9-18)15-22-26(24,25)20-13-10-16-6-4-5-7-17(16)14-20/h1-10,13-14,19,22-23H,11-12,15H2. The van der Waals surface area contributed by atoms with Gasteiger partial charge in [0.2, 0.25) is 10.0 Å². The molecule has 0 saturated heterocycles. The molecule has 26 heavy (non-hydrogen) atoms. The molecule has 2 N–H and O–H groups in total. The smallest absolute Gasteiger partial charge is 0.240 e. The zero-order valence-electron chi connectivity index (χ0n) is 14.3. The summed E-state index contributed by atoms with van der Waals surface area (Å²) >= 11 is 0. The highest BCUT2D eigenvalue weighted by atomic mass is 32.2. The summed E-state index contributed by atoms with van der Waals surface area (Å²) < 4.78 is 28.2. The van der Waals surface area contributed by atoms with Crippen molar-refractivity contribution in [1.29, 1.82) is 0 Å². The molecule has 1 atom stereocenters. The van der Waals surface area contributed by atoms with Gasteiger partial charge in [-0.3, -0.25) is 0 Å². The maximum absolute atomic E-state index is 12.8. The first-order chi connectivity index (χ1) is 12.5. The molecule has 1 unspecified atom stereocenters. The summed E-state index contributed by atoms with van der Waals surface area (Å²) in [4.78, 5) is 0.211. The van der Waals surface area contributed by atoms with Crippen molar-refractivity contribution in [1.82, 2.24) is 4.72 Å². The number of fused-ring (bicyclic) bond motifs is 1. The second-order valence-electron chi connectivity index (χ2n) is 6.90. The van der Waals surface area contributed by atoms with Gasteiger partial charge in [-0.25, -0.2) is 13.1 Å². The minimum Gasteiger partial charge on any atom is -0.383 e. The van der Waals surface area contributed by atoms with Crippen LogP contribution in [0, 0.1) is 5.92 Å². The van der Waals surface area contributed by atoms with E-state index in [0.717, 1.165) is 29.2 Å². The van der Waals surface area contributed by atoms with Crippen LogP contribution in [0.15, 0.2) is 77.7 Å². The van der Waals surface area contributed by atoms with E-state index in [1.165, 1.54) is 0 Å². The third kappa shape index (κ3) is 3.26. The van der Waals surface area contributed by atoms with E-state index < -0.39 is 15.6 Å². The number of rotatable bonds is 6. The summed E-state index contributed by atoms with van der Waals surface area (Å²) in [5.74, 6) is 0.0872. The maximum Gasteiger partial charge on any atom is 0.240 e. The van der Waals surface area contributed by atoms with Crippen molar-refractivity contribution >= 4 is 20.8 Å². The Hall–Kier alpha value is -2.21. The first-order valence-corrected chi connectivity index (χ1v) is 10.2. The van der Waals surface area contributed by atoms with E-state index in [2.05, 4.69) is 4.72 Å². The van der Waals surface area contributed by atoms with E-state index in [4.69, 9.17) is 0 Å². The van der Waals surface area contributed by atoms with Crippen LogP contribution in [0.2, 0.25) is 0 Å². The Morgan fingerprint density at radius 2 is 1.58 bits per heavy atom. The SMILES string of the molecule is O=S(=O)(NCC(O)(c1ccccc1)C1CC1)c1ccc2ccccc2c1. The van der Waals surface area contributed by atoms with Gasteiger partial charge < -0.3 is 5.11 Å². The third-order valence-electron chi connectivity index (χ3n) is 5.09. The second kappa shape index (κ2) is 6.50. The second-order valence-corrected chi connectivity index (χ2v) is 8.67. The molecule has 1 aliphatic rings. The Bertz CT molecular complexity index is 1030. The molecule has 0 amide bonds. The average Bonchev–Trinajstić information content (AvgIpc) is 3.52. The van der Waals surface area contributed by atoms with E-state index >= 15 is 0 Å². The predicted octanol–water partition coefficient (Wildman–Crippen LogP) is 3.42. The lowest BCUT2D eigenvalue weighted by atomic mass is 9.89. The molecule has 4 nitrogen and oxygen atoms in total. The number of benzene rings is 3. The lowest BCUT2D eigenvalue weighted by Crippen LogP contribution is -2.42. The molecule has 134 valence electrons. The molecule has 3 aromatic carbocycles. The van der Waals surface area contributed by atoms with Crippen LogP contribution < -0.4 is 4.72 Å². The number of aliphatic hydroxyl groups is 1. The number of hydrogen-bond acceptors (Lipinski definition) is 3. The van der Waals surface area contributed by atoms with Crippen LogP contribution in [0.25, 0.3) is 10.8 Å². The Kier molecular flexibility index (Phi) is 4.31. The van der Waals surface area contributed by atoms with Crippen molar-refractivity contribution in [3.8, 4) is 0 Å². The van der Waals surface area contributed by atoms with Crippen LogP contribution in [0.1, 0.15) is 18.4 Å². The summed E-state index contributed by atoms with van der Waals surface area (Å²) in [7, 11) is -3.71. The van der Waals surface area contributed by atoms with Crippen LogP contribution in [0.4, 0.5) is 0 Å². The summed E-state index contributed by atoms with van der Waals surface area (Å²) in [6.07, 6.45) is 1.81. The minimum atomic E-state index is -3.71. The Balaban J connectivity index is 1.60. The van der Waals surface area contributed by atoms with Crippen LogP contribution in [-0.4, -0.2) is 20.1 Å². The maximum atomic E-state index is 12.8. The van der Waals surface area contributed by atoms with Gasteiger partial charge in [-0.05, 0) is 47.2 Å². The fourth-order valence-electron chi connectivity index (χ4n) is 3.39. The molecule has 1 fully saturated rings. The zero-order valence-corrected chi connectivity index (χ0v) is 15.1. The molecule has 0 aliphatic heterocycles. The molecule has 5 heteroatoms. The van der Waals surface area contributed by atoms with Crippen molar-refractivity contribution in [3.05, 3.63) is 78.4 Å². The van der Waals surface area contributed by atoms with E-state index in [-0.39, 0.29) is 17.4 Å². The first kappa shape index (κ1) is 17.2. The summed E-state index contributed by atoms with van der Waals surface area (Å²) in [5.41, 5.74) is -0.422. The largest absolute Gasteiger partial charge is 0.383 e. The molecule has 4 rings (SSSR count). The van der Waals surface area contributed by atoms with Crippen molar-refractivity contribution in [3.63, 3.8) is 0 Å². The van der Waals surface area contributed by atoms with Gasteiger partial charge in [0.25, 0.3) is 0 Å². The number of sulfonamides is 1. The lowest BCUT2D eigenvalue weighted by molar-refractivity contribution is 0.0185. The van der Waals surface area contributed by atoms with Crippen molar-refractivity contribution in [2.24, 2.45) is 5.92 Å². The minimum absolute atomic E-state index is 0.0309. The molecule has 0 heterocycles. The normalized spacial score (nSPS) is 17.1. The van der Waals surface area contributed by atoms with E-state index in [0.29, 0.717) is 0 Å². The van der Waals surface area contributed by atoms with Crippen LogP contribution >= 0.6 is 0 Å². The van der Waals surface area contributed by atoms with Gasteiger partial charge in [-0.15, -0.1) is 0 Å². The molecule has 0 radical (unpaired) electrons. The molecule has 1 aliphatic carbocycles. The zero-order chi connectivity index (χ0) is 18.2. The molecular formula is C21H21NO3S. The lowest BCUT2D eigenvalue weighted by Gasteiger charge is -2.29. The first-order valence-electron chi connectivity index (χ1n) is 8.75. The van der Waals surface area contributed by atoms with Gasteiger partial charge >= 0.3 is 0 Å². The third-order valence-corrected chi connectivity index (χ3v) is 6.49. The van der Waals surface area contributed by atoms with Gasteiger partial charge in [-0.1, -0.05) is 60.7 Å². The van der Waals surface area contributed by atoms with E-state index in [9.17, 15) is 13.5 Å². The molecule has 1 saturated carbocycles. The molecular weight excluding hydrogens is 346 g/mol. The fourth-order valence-corrected chi connectivity index (χ4v) is 4.50. The Labute approximate surface area is 153 Å². The fraction of sp³-hybridized carbons (Fsp3) is 0.238. The van der Waals surface area contributed by atoms with Gasteiger partial charge in [0.15, 0.2) is 0 Å². The number of nitrogens with one attached hydrogen (secondary N) is 1. The highest BCUT2D eigenvalue weighted by Crippen LogP contribution is 2.45. The Morgan fingerprint density at radius 3 is 2.27 bits per heavy atom. The Morgan fingerprint density at radius 1 is 0.923 bits per heavy atom. The van der Waals surface area contributed by atoms with Crippen LogP contribution in [0.5, 0.6) is 0 Å². The highest BCUT2D eigenvalue weighted by molar-refractivity contribution is 7.89. The molecule has 3 aromatic rings. The van der Waals surface area contributed by atoms with Crippen molar-refractivity contribution in [2.75, 3.05) is 6.54 Å². The van der Waals surface area contributed by atoms with Crippen molar-refractivity contribution < 1.29 is 13.5 Å². The van der Waals surface area contributed by atoms with Gasteiger partial charge in [0, 0.05) is 6.54 Å². The van der Waals surface area contributed by atoms with Gasteiger partial charge in [0.05, 0.1) is 4.90 Å². The summed E-state index contributed by atoms with van der Waals surface area (Å²) in [6.45, 7) is -0.0309. The molecule has 0 aromatic heterocycles. The topological polar surface area (TPSA) is 66.4 Å². The van der Waals surface area contributed by atoms with Crippen LogP contribution in [-0.2, 0) is 15.6 Å². The summed E-state index contributed by atoms with van der Waals surface area (Å²) in [6, 6.07) is 22.0. The highest BCUT2D eigenvalue weighted by Gasteiger charge is 2.45. The van der Waals surface area contributed by atoms with Gasteiger partial charge in [0.1, 0.15) is 5.60 Å². The monoisotopic (exact) mass is 367 g/mol. The predicted molar refractivity (Wildman–Crippen MR) is 102 cm³/mol. The summed E-state index contributed by atoms with van der Waals surface area (Å²) in [5, 5.41) is 13.0. The average molecular weight is 367 g/mol. The van der Waals surface area contributed by atoms with E-state index in [1.807, 2.05) is 54.6 Å². The van der Waals surface area contributed by atoms with Crippen LogP contribution in [0.3, 0.4) is 0 Å².